The first-order valence-electron chi connectivity index (χ1n) is 7.01. The number of hydrogen-bond donors (Lipinski definition) is 1. The van der Waals surface area contributed by atoms with Crippen LogP contribution in [0.1, 0.15) is 24.3 Å². The highest BCUT2D eigenvalue weighted by Crippen LogP contribution is 2.39. The second kappa shape index (κ2) is 6.29. The van der Waals surface area contributed by atoms with E-state index < -0.39 is 0 Å². The lowest BCUT2D eigenvalue weighted by Gasteiger charge is -2.37. The first kappa shape index (κ1) is 14.7. The normalized spacial score (nSPS) is 20.7. The van der Waals surface area contributed by atoms with Crippen LogP contribution in [-0.2, 0) is 0 Å². The quantitative estimate of drug-likeness (QED) is 0.774. The Labute approximate surface area is 138 Å². The van der Waals surface area contributed by atoms with Crippen LogP contribution < -0.4 is 10.1 Å². The van der Waals surface area contributed by atoms with Gasteiger partial charge in [0.15, 0.2) is 0 Å². The van der Waals surface area contributed by atoms with Gasteiger partial charge in [0.2, 0.25) is 0 Å². The van der Waals surface area contributed by atoms with Crippen molar-refractivity contribution in [3.05, 3.63) is 57.5 Å². The molecule has 1 saturated carbocycles. The summed E-state index contributed by atoms with van der Waals surface area (Å²) in [5.41, 5.74) is 2.49. The molecule has 2 nitrogen and oxygen atoms in total. The van der Waals surface area contributed by atoms with E-state index in [1.54, 1.807) is 7.11 Å². The van der Waals surface area contributed by atoms with Gasteiger partial charge in [0, 0.05) is 22.3 Å². The molecule has 0 saturated heterocycles. The van der Waals surface area contributed by atoms with Gasteiger partial charge in [-0.05, 0) is 48.6 Å². The van der Waals surface area contributed by atoms with Crippen LogP contribution in [0.15, 0.2) is 46.9 Å². The lowest BCUT2D eigenvalue weighted by atomic mass is 9.76. The minimum atomic E-state index is 0.518. The average Bonchev–Trinajstić information content (AvgIpc) is 2.45. The van der Waals surface area contributed by atoms with Gasteiger partial charge in [-0.3, -0.25) is 0 Å². The summed E-state index contributed by atoms with van der Waals surface area (Å²) in [6, 6.07) is 15.0. The second-order valence-electron chi connectivity index (χ2n) is 5.41. The van der Waals surface area contributed by atoms with Crippen LogP contribution in [0.2, 0.25) is 5.02 Å². The second-order valence-corrected chi connectivity index (χ2v) is 6.73. The Morgan fingerprint density at radius 3 is 2.52 bits per heavy atom. The van der Waals surface area contributed by atoms with Crippen LogP contribution in [0, 0.1) is 0 Å². The van der Waals surface area contributed by atoms with E-state index in [4.69, 9.17) is 16.3 Å². The van der Waals surface area contributed by atoms with Crippen molar-refractivity contribution in [2.24, 2.45) is 0 Å². The molecule has 1 aliphatic carbocycles. The molecular formula is C17H17BrClNO. The molecule has 110 valence electrons. The van der Waals surface area contributed by atoms with Gasteiger partial charge in [-0.15, -0.1) is 0 Å². The minimum Gasteiger partial charge on any atom is -0.495 e. The van der Waals surface area contributed by atoms with Crippen molar-refractivity contribution in [3.8, 4) is 5.75 Å². The summed E-state index contributed by atoms with van der Waals surface area (Å²) in [5, 5.41) is 4.19. The molecule has 0 radical (unpaired) electrons. The molecule has 0 unspecified atom stereocenters. The molecule has 2 aromatic rings. The summed E-state index contributed by atoms with van der Waals surface area (Å²) in [6.45, 7) is 0. The van der Waals surface area contributed by atoms with Crippen LogP contribution in [-0.4, -0.2) is 13.2 Å². The van der Waals surface area contributed by atoms with E-state index in [0.717, 1.165) is 23.0 Å². The topological polar surface area (TPSA) is 21.3 Å². The van der Waals surface area contributed by atoms with Gasteiger partial charge < -0.3 is 10.1 Å². The number of ether oxygens (including phenoxy) is 1. The van der Waals surface area contributed by atoms with Crippen LogP contribution in [0.3, 0.4) is 0 Å². The molecule has 0 spiro atoms. The summed E-state index contributed by atoms with van der Waals surface area (Å²) in [7, 11) is 1.64. The molecule has 21 heavy (non-hydrogen) atoms. The number of methoxy groups -OCH3 is 1. The fraction of sp³-hybridized carbons (Fsp3) is 0.294. The van der Waals surface area contributed by atoms with Crippen molar-refractivity contribution in [3.63, 3.8) is 0 Å². The van der Waals surface area contributed by atoms with E-state index in [1.165, 1.54) is 5.56 Å². The Bertz CT molecular complexity index is 623. The Morgan fingerprint density at radius 1 is 1.14 bits per heavy atom. The molecule has 4 heteroatoms. The van der Waals surface area contributed by atoms with Gasteiger partial charge in [-0.2, -0.15) is 0 Å². The first-order valence-corrected chi connectivity index (χ1v) is 8.18. The summed E-state index contributed by atoms with van der Waals surface area (Å²) < 4.78 is 6.38. The standard InChI is InChI=1S/C17H17BrClNO/c1-21-17-10-14(6-7-16(17)19)20-15-8-12(9-15)11-2-4-13(18)5-3-11/h2-7,10,12,15,20H,8-9H2,1H3. The average molecular weight is 367 g/mol. The zero-order chi connectivity index (χ0) is 14.8. The first-order chi connectivity index (χ1) is 10.2. The van der Waals surface area contributed by atoms with Crippen molar-refractivity contribution in [2.45, 2.75) is 24.8 Å². The fourth-order valence-electron chi connectivity index (χ4n) is 2.73. The molecule has 0 aromatic heterocycles. The highest BCUT2D eigenvalue weighted by atomic mass is 79.9. The van der Waals surface area contributed by atoms with Crippen LogP contribution >= 0.6 is 27.5 Å². The summed E-state index contributed by atoms with van der Waals surface area (Å²) in [4.78, 5) is 0. The Hall–Kier alpha value is -1.19. The summed E-state index contributed by atoms with van der Waals surface area (Å²) in [5.74, 6) is 1.37. The number of rotatable bonds is 4. The fourth-order valence-corrected chi connectivity index (χ4v) is 3.19. The predicted molar refractivity (Wildman–Crippen MR) is 91.5 cm³/mol. The van der Waals surface area contributed by atoms with Crippen LogP contribution in [0.5, 0.6) is 5.75 Å². The molecule has 3 rings (SSSR count). The van der Waals surface area contributed by atoms with E-state index in [9.17, 15) is 0 Å². The number of nitrogens with one attached hydrogen (secondary N) is 1. The third-order valence-electron chi connectivity index (χ3n) is 4.00. The third kappa shape index (κ3) is 3.35. The largest absolute Gasteiger partial charge is 0.495 e. The Balaban J connectivity index is 1.58. The van der Waals surface area contributed by atoms with Crippen molar-refractivity contribution >= 4 is 33.2 Å². The van der Waals surface area contributed by atoms with Crippen LogP contribution in [0.4, 0.5) is 5.69 Å². The van der Waals surface area contributed by atoms with Gasteiger partial charge >= 0.3 is 0 Å². The minimum absolute atomic E-state index is 0.518. The third-order valence-corrected chi connectivity index (χ3v) is 4.84. The van der Waals surface area contributed by atoms with Crippen molar-refractivity contribution in [1.82, 2.24) is 0 Å². The van der Waals surface area contributed by atoms with E-state index in [-0.39, 0.29) is 0 Å². The molecule has 0 amide bonds. The van der Waals surface area contributed by atoms with Crippen molar-refractivity contribution in [1.29, 1.82) is 0 Å². The van der Waals surface area contributed by atoms with E-state index in [1.807, 2.05) is 18.2 Å². The number of hydrogen-bond acceptors (Lipinski definition) is 2. The number of halogens is 2. The summed E-state index contributed by atoms with van der Waals surface area (Å²) in [6.07, 6.45) is 2.32. The maximum absolute atomic E-state index is 6.04. The van der Waals surface area contributed by atoms with Gasteiger partial charge in [-0.1, -0.05) is 39.7 Å². The monoisotopic (exact) mass is 365 g/mol. The van der Waals surface area contributed by atoms with Gasteiger partial charge in [0.25, 0.3) is 0 Å². The summed E-state index contributed by atoms with van der Waals surface area (Å²) >= 11 is 9.52. The highest BCUT2D eigenvalue weighted by Gasteiger charge is 2.30. The molecule has 0 heterocycles. The predicted octanol–water partition coefficient (Wildman–Crippen LogP) is 5.47. The smallest absolute Gasteiger partial charge is 0.139 e. The zero-order valence-corrected chi connectivity index (χ0v) is 14.1. The van der Waals surface area contributed by atoms with Gasteiger partial charge in [0.1, 0.15) is 5.75 Å². The maximum atomic E-state index is 6.04. The van der Waals surface area contributed by atoms with Gasteiger partial charge in [0.05, 0.1) is 12.1 Å². The Kier molecular flexibility index (Phi) is 4.41. The molecule has 1 aliphatic rings. The molecule has 1 fully saturated rings. The molecule has 0 aliphatic heterocycles. The number of benzene rings is 2. The number of anilines is 1. The van der Waals surface area contributed by atoms with Crippen molar-refractivity contribution in [2.75, 3.05) is 12.4 Å². The van der Waals surface area contributed by atoms with Crippen molar-refractivity contribution < 1.29 is 4.74 Å². The van der Waals surface area contributed by atoms with Gasteiger partial charge in [-0.25, -0.2) is 0 Å². The SMILES string of the molecule is COc1cc(NC2CC(c3ccc(Br)cc3)C2)ccc1Cl. The van der Waals surface area contributed by atoms with E-state index >= 15 is 0 Å². The lowest BCUT2D eigenvalue weighted by Crippen LogP contribution is -2.33. The molecule has 0 atom stereocenters. The lowest BCUT2D eigenvalue weighted by molar-refractivity contribution is 0.373. The maximum Gasteiger partial charge on any atom is 0.139 e. The Morgan fingerprint density at radius 2 is 1.86 bits per heavy atom. The molecule has 0 bridgehead atoms. The molecule has 2 aromatic carbocycles. The van der Waals surface area contributed by atoms with E-state index in [0.29, 0.717) is 22.7 Å². The highest BCUT2D eigenvalue weighted by molar-refractivity contribution is 9.10. The molecule has 1 N–H and O–H groups in total. The van der Waals surface area contributed by atoms with Crippen LogP contribution in [0.25, 0.3) is 0 Å². The zero-order valence-electron chi connectivity index (χ0n) is 11.8. The molecular weight excluding hydrogens is 350 g/mol. The van der Waals surface area contributed by atoms with E-state index in [2.05, 4.69) is 45.5 Å².